The maximum absolute atomic E-state index is 11.8. The number of rotatable bonds is 9. The van der Waals surface area contributed by atoms with Crippen molar-refractivity contribution in [1.29, 1.82) is 0 Å². The third-order valence-electron chi connectivity index (χ3n) is 3.09. The fourth-order valence-electron chi connectivity index (χ4n) is 1.92. The lowest BCUT2D eigenvalue weighted by molar-refractivity contribution is -0.116. The van der Waals surface area contributed by atoms with Crippen LogP contribution in [0.3, 0.4) is 0 Å². The number of halogens is 2. The molecule has 0 saturated carbocycles. The quantitative estimate of drug-likeness (QED) is 0.662. The highest BCUT2D eigenvalue weighted by Crippen LogP contribution is 2.10. The molecule has 3 nitrogen and oxygen atoms in total. The summed E-state index contributed by atoms with van der Waals surface area (Å²) in [5.41, 5.74) is 1.05. The minimum atomic E-state index is -1.60. The second-order valence-corrected chi connectivity index (χ2v) is 5.07. The molecule has 0 bridgehead atoms. The Balaban J connectivity index is 2.03. The molecule has 1 N–H and O–H groups in total. The molecule has 1 aromatic rings. The summed E-state index contributed by atoms with van der Waals surface area (Å²) in [6.45, 7) is 1.94. The van der Waals surface area contributed by atoms with E-state index in [1.54, 1.807) is 12.3 Å². The van der Waals surface area contributed by atoms with Crippen LogP contribution in [0.2, 0.25) is 0 Å². The van der Waals surface area contributed by atoms with Crippen LogP contribution in [0.1, 0.15) is 50.5 Å². The highest BCUT2D eigenvalue weighted by molar-refractivity contribution is 5.89. The van der Waals surface area contributed by atoms with E-state index in [2.05, 4.69) is 10.3 Å². The lowest BCUT2D eigenvalue weighted by atomic mass is 10.1. The van der Waals surface area contributed by atoms with E-state index in [4.69, 9.17) is 0 Å². The summed E-state index contributed by atoms with van der Waals surface area (Å²) in [6, 6.07) is 3.68. The summed E-state index contributed by atoms with van der Waals surface area (Å²) in [4.78, 5) is 15.8. The van der Waals surface area contributed by atoms with Crippen molar-refractivity contribution < 1.29 is 13.6 Å². The lowest BCUT2D eigenvalue weighted by Crippen LogP contribution is -2.12. The normalized spacial score (nSPS) is 10.2. The van der Waals surface area contributed by atoms with Crippen LogP contribution in [0.4, 0.5) is 14.6 Å². The summed E-state index contributed by atoms with van der Waals surface area (Å²) in [5.74, 6) is 0.541. The number of hydrogen-bond donors (Lipinski definition) is 1. The molecule has 0 aliphatic rings. The van der Waals surface area contributed by atoms with Crippen molar-refractivity contribution in [2.24, 2.45) is 0 Å². The molecule has 5 heteroatoms. The van der Waals surface area contributed by atoms with Gasteiger partial charge in [-0.3, -0.25) is 4.79 Å². The third kappa shape index (κ3) is 8.89. The van der Waals surface area contributed by atoms with Crippen molar-refractivity contribution in [2.75, 3.05) is 5.32 Å². The molecule has 0 saturated heterocycles. The highest BCUT2D eigenvalue weighted by Gasteiger charge is 2.02. The Morgan fingerprint density at radius 2 is 1.90 bits per heavy atom. The predicted octanol–water partition coefficient (Wildman–Crippen LogP) is 4.84. The second-order valence-electron chi connectivity index (χ2n) is 5.07. The van der Waals surface area contributed by atoms with Crippen molar-refractivity contribution in [2.45, 2.75) is 51.9 Å². The van der Waals surface area contributed by atoms with E-state index >= 15 is 0 Å². The first-order valence-electron chi connectivity index (χ1n) is 7.31. The van der Waals surface area contributed by atoms with Gasteiger partial charge < -0.3 is 5.32 Å². The van der Waals surface area contributed by atoms with Crippen molar-refractivity contribution in [3.05, 3.63) is 36.0 Å². The van der Waals surface area contributed by atoms with Gasteiger partial charge in [-0.25, -0.2) is 4.98 Å². The maximum atomic E-state index is 11.8. The number of hydrogen-bond acceptors (Lipinski definition) is 2. The SMILES string of the molecule is Cc1ccc(NC(=O)CCCCCCCC=C(F)F)nc1. The van der Waals surface area contributed by atoms with Crippen LogP contribution in [0.5, 0.6) is 0 Å². The largest absolute Gasteiger partial charge is 0.311 e. The van der Waals surface area contributed by atoms with Gasteiger partial charge in [-0.2, -0.15) is 8.78 Å². The average Bonchev–Trinajstić information content (AvgIpc) is 2.44. The van der Waals surface area contributed by atoms with E-state index < -0.39 is 6.08 Å². The van der Waals surface area contributed by atoms with Gasteiger partial charge in [0.2, 0.25) is 5.91 Å². The van der Waals surface area contributed by atoms with Gasteiger partial charge >= 0.3 is 0 Å². The fraction of sp³-hybridized carbons (Fsp3) is 0.500. The molecule has 21 heavy (non-hydrogen) atoms. The standard InChI is InChI=1S/C16H22F2N2O/c1-13-10-11-15(19-12-13)20-16(21)9-7-5-3-2-4-6-8-14(17)18/h8,10-12H,2-7,9H2,1H3,(H,19,20,21). The molecule has 1 amide bonds. The van der Waals surface area contributed by atoms with Gasteiger partial charge in [-0.1, -0.05) is 25.3 Å². The van der Waals surface area contributed by atoms with E-state index in [-0.39, 0.29) is 5.91 Å². The van der Waals surface area contributed by atoms with Crippen LogP contribution in [0.15, 0.2) is 30.5 Å². The van der Waals surface area contributed by atoms with Crippen LogP contribution in [-0.4, -0.2) is 10.9 Å². The number of amides is 1. The van der Waals surface area contributed by atoms with Gasteiger partial charge in [-0.15, -0.1) is 0 Å². The number of allylic oxidation sites excluding steroid dienone is 1. The number of nitrogens with zero attached hydrogens (tertiary/aromatic N) is 1. The molecular weight excluding hydrogens is 274 g/mol. The molecule has 1 heterocycles. The number of unbranched alkanes of at least 4 members (excludes halogenated alkanes) is 5. The van der Waals surface area contributed by atoms with Gasteiger partial charge in [-0.05, 0) is 43.9 Å². The Labute approximate surface area is 124 Å². The molecule has 0 aliphatic heterocycles. The number of anilines is 1. The first-order valence-corrected chi connectivity index (χ1v) is 7.31. The van der Waals surface area contributed by atoms with Crippen molar-refractivity contribution >= 4 is 11.7 Å². The monoisotopic (exact) mass is 296 g/mol. The number of carbonyl (C=O) groups excluding carboxylic acids is 1. The fourth-order valence-corrected chi connectivity index (χ4v) is 1.92. The first-order chi connectivity index (χ1) is 10.1. The van der Waals surface area contributed by atoms with Gasteiger partial charge in [0.25, 0.3) is 6.08 Å². The molecular formula is C16H22F2N2O. The van der Waals surface area contributed by atoms with Gasteiger partial charge in [0.15, 0.2) is 0 Å². The van der Waals surface area contributed by atoms with Gasteiger partial charge in [0, 0.05) is 12.6 Å². The number of aromatic nitrogens is 1. The van der Waals surface area contributed by atoms with E-state index in [0.29, 0.717) is 18.7 Å². The zero-order valence-electron chi connectivity index (χ0n) is 12.4. The van der Waals surface area contributed by atoms with Gasteiger partial charge in [0.05, 0.1) is 0 Å². The molecule has 0 atom stereocenters. The highest BCUT2D eigenvalue weighted by atomic mass is 19.3. The molecule has 0 aromatic carbocycles. The van der Waals surface area contributed by atoms with Crippen LogP contribution in [-0.2, 0) is 4.79 Å². The number of pyridine rings is 1. The molecule has 1 rings (SSSR count). The van der Waals surface area contributed by atoms with E-state index in [0.717, 1.165) is 43.7 Å². The van der Waals surface area contributed by atoms with E-state index in [1.165, 1.54) is 0 Å². The zero-order valence-corrected chi connectivity index (χ0v) is 12.4. The van der Waals surface area contributed by atoms with E-state index in [9.17, 15) is 13.6 Å². The number of nitrogens with one attached hydrogen (secondary N) is 1. The smallest absolute Gasteiger partial charge is 0.266 e. The Bertz CT molecular complexity index is 454. The van der Waals surface area contributed by atoms with Crippen LogP contribution in [0, 0.1) is 6.92 Å². The maximum Gasteiger partial charge on any atom is 0.266 e. The van der Waals surface area contributed by atoms with Crippen LogP contribution < -0.4 is 5.32 Å². The Kier molecular flexibility index (Phi) is 8.24. The van der Waals surface area contributed by atoms with Crippen molar-refractivity contribution in [3.8, 4) is 0 Å². The Hall–Kier alpha value is -1.78. The molecule has 116 valence electrons. The minimum absolute atomic E-state index is 0.0335. The Morgan fingerprint density at radius 1 is 1.19 bits per heavy atom. The third-order valence-corrected chi connectivity index (χ3v) is 3.09. The summed E-state index contributed by atoms with van der Waals surface area (Å²) in [6.07, 6.45) is 6.39. The molecule has 0 unspecified atom stereocenters. The van der Waals surface area contributed by atoms with Crippen LogP contribution in [0.25, 0.3) is 0 Å². The summed E-state index contributed by atoms with van der Waals surface area (Å²) in [7, 11) is 0. The predicted molar refractivity (Wildman–Crippen MR) is 80.2 cm³/mol. The second kappa shape index (κ2) is 10.0. The molecule has 1 aromatic heterocycles. The topological polar surface area (TPSA) is 42.0 Å². The molecule has 0 spiro atoms. The molecule has 0 aliphatic carbocycles. The summed E-state index contributed by atoms with van der Waals surface area (Å²) in [5, 5.41) is 2.75. The minimum Gasteiger partial charge on any atom is -0.311 e. The van der Waals surface area contributed by atoms with Crippen LogP contribution >= 0.6 is 0 Å². The van der Waals surface area contributed by atoms with Gasteiger partial charge in [0.1, 0.15) is 5.82 Å². The number of aryl methyl sites for hydroxylation is 1. The summed E-state index contributed by atoms with van der Waals surface area (Å²) < 4.78 is 23.5. The molecule has 0 radical (unpaired) electrons. The average molecular weight is 296 g/mol. The first kappa shape index (κ1) is 17.3. The zero-order chi connectivity index (χ0) is 15.5. The van der Waals surface area contributed by atoms with E-state index in [1.807, 2.05) is 13.0 Å². The number of carbonyl (C=O) groups is 1. The summed E-state index contributed by atoms with van der Waals surface area (Å²) >= 11 is 0. The lowest BCUT2D eigenvalue weighted by Gasteiger charge is -2.04. The Morgan fingerprint density at radius 3 is 2.57 bits per heavy atom. The molecule has 0 fully saturated rings. The van der Waals surface area contributed by atoms with Crippen molar-refractivity contribution in [3.63, 3.8) is 0 Å². The van der Waals surface area contributed by atoms with Crippen molar-refractivity contribution in [1.82, 2.24) is 4.98 Å².